The van der Waals surface area contributed by atoms with E-state index in [2.05, 4.69) is 20.6 Å². The number of aromatic nitrogens is 2. The van der Waals surface area contributed by atoms with Gasteiger partial charge >= 0.3 is 0 Å². The van der Waals surface area contributed by atoms with Crippen LogP contribution in [0.5, 0.6) is 0 Å². The van der Waals surface area contributed by atoms with E-state index in [0.717, 1.165) is 30.4 Å². The fourth-order valence-corrected chi connectivity index (χ4v) is 1.71. The molecule has 1 rings (SSSR count). The van der Waals surface area contributed by atoms with E-state index in [0.29, 0.717) is 13.1 Å². The third-order valence-electron chi connectivity index (χ3n) is 2.75. The Bertz CT molecular complexity index is 399. The van der Waals surface area contributed by atoms with E-state index >= 15 is 0 Å². The second-order valence-electron chi connectivity index (χ2n) is 4.10. The zero-order valence-corrected chi connectivity index (χ0v) is 12.2. The van der Waals surface area contributed by atoms with Crippen LogP contribution in [0.3, 0.4) is 0 Å². The molecule has 1 amide bonds. The largest absolute Gasteiger partial charge is 0.373 e. The average molecular weight is 265 g/mol. The summed E-state index contributed by atoms with van der Waals surface area (Å²) in [5, 5.41) is 5.82. The summed E-state index contributed by atoms with van der Waals surface area (Å²) in [5.74, 6) is 2.34. The van der Waals surface area contributed by atoms with Gasteiger partial charge in [-0.2, -0.15) is 0 Å². The van der Waals surface area contributed by atoms with Gasteiger partial charge in [-0.15, -0.1) is 0 Å². The molecule has 0 aliphatic rings. The predicted molar refractivity (Wildman–Crippen MR) is 77.5 cm³/mol. The van der Waals surface area contributed by atoms with Crippen LogP contribution in [-0.2, 0) is 11.2 Å². The molecular formula is C13H23N5O. The van der Waals surface area contributed by atoms with Crippen molar-refractivity contribution < 1.29 is 4.79 Å². The van der Waals surface area contributed by atoms with Crippen LogP contribution in [-0.4, -0.2) is 42.6 Å². The summed E-state index contributed by atoms with van der Waals surface area (Å²) in [7, 11) is 1.83. The Morgan fingerprint density at radius 3 is 2.58 bits per heavy atom. The maximum Gasteiger partial charge on any atom is 0.239 e. The van der Waals surface area contributed by atoms with E-state index in [1.165, 1.54) is 0 Å². The summed E-state index contributed by atoms with van der Waals surface area (Å²) in [6.45, 7) is 7.61. The van der Waals surface area contributed by atoms with Crippen LogP contribution in [0.25, 0.3) is 0 Å². The number of nitrogens with one attached hydrogen (secondary N) is 2. The molecule has 0 saturated heterocycles. The highest BCUT2D eigenvalue weighted by Gasteiger charge is 2.12. The molecule has 2 N–H and O–H groups in total. The number of anilines is 2. The predicted octanol–water partition coefficient (Wildman–Crippen LogP) is 1.04. The van der Waals surface area contributed by atoms with Gasteiger partial charge in [0.1, 0.15) is 17.5 Å². The fraction of sp³-hybridized carbons (Fsp3) is 0.615. The molecule has 1 aromatic rings. The van der Waals surface area contributed by atoms with Gasteiger partial charge in [0.15, 0.2) is 0 Å². The average Bonchev–Trinajstić information content (AvgIpc) is 2.44. The Morgan fingerprint density at radius 1 is 1.32 bits per heavy atom. The van der Waals surface area contributed by atoms with Crippen molar-refractivity contribution in [3.05, 3.63) is 11.9 Å². The minimum atomic E-state index is 0.00650. The van der Waals surface area contributed by atoms with Gasteiger partial charge in [-0.3, -0.25) is 4.79 Å². The van der Waals surface area contributed by atoms with Crippen molar-refractivity contribution in [3.8, 4) is 0 Å². The van der Waals surface area contributed by atoms with Crippen molar-refractivity contribution in [1.82, 2.24) is 15.3 Å². The molecular weight excluding hydrogens is 242 g/mol. The van der Waals surface area contributed by atoms with Crippen LogP contribution in [0, 0.1) is 0 Å². The molecule has 0 aliphatic carbocycles. The molecule has 6 nitrogen and oxygen atoms in total. The van der Waals surface area contributed by atoms with Gasteiger partial charge in [0.05, 0.1) is 6.54 Å². The van der Waals surface area contributed by atoms with E-state index in [-0.39, 0.29) is 5.91 Å². The van der Waals surface area contributed by atoms with E-state index in [4.69, 9.17) is 0 Å². The smallest absolute Gasteiger partial charge is 0.239 e. The van der Waals surface area contributed by atoms with Crippen molar-refractivity contribution in [1.29, 1.82) is 0 Å². The van der Waals surface area contributed by atoms with Crippen LogP contribution in [0.15, 0.2) is 6.07 Å². The van der Waals surface area contributed by atoms with Crippen molar-refractivity contribution in [3.63, 3.8) is 0 Å². The zero-order chi connectivity index (χ0) is 14.3. The van der Waals surface area contributed by atoms with Crippen LogP contribution >= 0.6 is 0 Å². The molecule has 0 aliphatic heterocycles. The highest BCUT2D eigenvalue weighted by molar-refractivity contribution is 5.81. The Labute approximate surface area is 114 Å². The lowest BCUT2D eigenvalue weighted by atomic mass is 10.3. The molecule has 0 atom stereocenters. The van der Waals surface area contributed by atoms with Crippen molar-refractivity contribution in [2.45, 2.75) is 27.2 Å². The fourth-order valence-electron chi connectivity index (χ4n) is 1.71. The molecule has 0 bridgehead atoms. The molecule has 19 heavy (non-hydrogen) atoms. The summed E-state index contributed by atoms with van der Waals surface area (Å²) >= 11 is 0. The highest BCUT2D eigenvalue weighted by Crippen LogP contribution is 2.15. The first-order valence-electron chi connectivity index (χ1n) is 6.71. The molecule has 0 spiro atoms. The molecule has 6 heteroatoms. The quantitative estimate of drug-likeness (QED) is 0.771. The minimum Gasteiger partial charge on any atom is -0.373 e. The molecule has 0 unspecified atom stereocenters. The summed E-state index contributed by atoms with van der Waals surface area (Å²) < 4.78 is 0. The lowest BCUT2D eigenvalue weighted by Gasteiger charge is -2.22. The van der Waals surface area contributed by atoms with Crippen molar-refractivity contribution >= 4 is 17.5 Å². The van der Waals surface area contributed by atoms with Gasteiger partial charge in [-0.05, 0) is 13.8 Å². The van der Waals surface area contributed by atoms with Crippen molar-refractivity contribution in [2.75, 3.05) is 36.9 Å². The molecule has 0 aromatic carbocycles. The third-order valence-corrected chi connectivity index (χ3v) is 2.75. The standard InChI is InChI=1S/C13H23N5O/c1-5-10-16-11(14-4)8-12(17-10)18(7-3)9-13(19)15-6-2/h8H,5-7,9H2,1-4H3,(H,15,19)(H,14,16,17). The highest BCUT2D eigenvalue weighted by atomic mass is 16.2. The van der Waals surface area contributed by atoms with E-state index in [9.17, 15) is 4.79 Å². The summed E-state index contributed by atoms with van der Waals surface area (Å²) in [6.07, 6.45) is 0.765. The Kier molecular flexibility index (Phi) is 6.05. The Morgan fingerprint density at radius 2 is 2.05 bits per heavy atom. The molecule has 0 radical (unpaired) electrons. The number of amides is 1. The SMILES string of the molecule is CCNC(=O)CN(CC)c1cc(NC)nc(CC)n1. The van der Waals surface area contributed by atoms with Crippen LogP contribution in [0.1, 0.15) is 26.6 Å². The number of hydrogen-bond acceptors (Lipinski definition) is 5. The Balaban J connectivity index is 2.93. The van der Waals surface area contributed by atoms with Gasteiger partial charge in [-0.1, -0.05) is 6.92 Å². The van der Waals surface area contributed by atoms with Crippen molar-refractivity contribution in [2.24, 2.45) is 0 Å². The third kappa shape index (κ3) is 4.39. The normalized spacial score (nSPS) is 10.1. The number of carbonyl (C=O) groups excluding carboxylic acids is 1. The second kappa shape index (κ2) is 7.56. The van der Waals surface area contributed by atoms with Gasteiger partial charge in [0.25, 0.3) is 0 Å². The number of rotatable bonds is 7. The number of carbonyl (C=O) groups is 1. The number of nitrogens with zero attached hydrogens (tertiary/aromatic N) is 3. The first-order chi connectivity index (χ1) is 9.14. The van der Waals surface area contributed by atoms with E-state index in [1.807, 2.05) is 38.8 Å². The van der Waals surface area contributed by atoms with Crippen LogP contribution in [0.2, 0.25) is 0 Å². The van der Waals surface area contributed by atoms with Crippen LogP contribution in [0.4, 0.5) is 11.6 Å². The first-order valence-corrected chi connectivity index (χ1v) is 6.71. The van der Waals surface area contributed by atoms with Gasteiger partial charge in [0.2, 0.25) is 5.91 Å². The molecule has 0 fully saturated rings. The molecule has 1 heterocycles. The monoisotopic (exact) mass is 265 g/mol. The maximum absolute atomic E-state index is 11.7. The van der Waals surface area contributed by atoms with Crippen LogP contribution < -0.4 is 15.5 Å². The zero-order valence-electron chi connectivity index (χ0n) is 12.2. The molecule has 106 valence electrons. The number of likely N-dealkylation sites (N-methyl/N-ethyl adjacent to an activating group) is 2. The lowest BCUT2D eigenvalue weighted by molar-refractivity contribution is -0.119. The molecule has 0 saturated carbocycles. The second-order valence-corrected chi connectivity index (χ2v) is 4.10. The number of aryl methyl sites for hydroxylation is 1. The summed E-state index contributed by atoms with van der Waals surface area (Å²) in [5.41, 5.74) is 0. The van der Waals surface area contributed by atoms with Gasteiger partial charge in [0, 0.05) is 32.6 Å². The molecule has 1 aromatic heterocycles. The maximum atomic E-state index is 11.7. The van der Waals surface area contributed by atoms with Gasteiger partial charge in [-0.25, -0.2) is 9.97 Å². The summed E-state index contributed by atoms with van der Waals surface area (Å²) in [4.78, 5) is 22.5. The first kappa shape index (κ1) is 15.2. The van der Waals surface area contributed by atoms with Gasteiger partial charge < -0.3 is 15.5 Å². The Hall–Kier alpha value is -1.85. The lowest BCUT2D eigenvalue weighted by Crippen LogP contribution is -2.37. The van der Waals surface area contributed by atoms with E-state index in [1.54, 1.807) is 0 Å². The van der Waals surface area contributed by atoms with E-state index < -0.39 is 0 Å². The topological polar surface area (TPSA) is 70.2 Å². The minimum absolute atomic E-state index is 0.00650. The summed E-state index contributed by atoms with van der Waals surface area (Å²) in [6, 6.07) is 1.86. The number of hydrogen-bond donors (Lipinski definition) is 2.